The third kappa shape index (κ3) is 4.56. The smallest absolute Gasteiger partial charge is 0.137 e. The molecule has 1 aliphatic heterocycles. The molecule has 2 aliphatic rings. The number of nitrogens with one attached hydrogen (secondary N) is 1. The van der Waals surface area contributed by atoms with Gasteiger partial charge < -0.3 is 10.1 Å². The van der Waals surface area contributed by atoms with Crippen molar-refractivity contribution in [1.29, 1.82) is 0 Å². The predicted molar refractivity (Wildman–Crippen MR) is 81.9 cm³/mol. The molecule has 1 unspecified atom stereocenters. The molecule has 2 rings (SSSR count). The van der Waals surface area contributed by atoms with Gasteiger partial charge in [0.2, 0.25) is 0 Å². The van der Waals surface area contributed by atoms with Crippen LogP contribution in [0, 0.1) is 5.92 Å². The minimum absolute atomic E-state index is 0.0499. The average molecular weight is 281 g/mol. The van der Waals surface area contributed by atoms with Crippen molar-refractivity contribution in [2.45, 2.75) is 83.3 Å². The molecule has 0 aromatic carbocycles. The van der Waals surface area contributed by atoms with Crippen LogP contribution in [0.1, 0.15) is 72.1 Å². The quantitative estimate of drug-likeness (QED) is 0.857. The molecule has 116 valence electrons. The molecule has 1 saturated heterocycles. The Morgan fingerprint density at radius 1 is 1.25 bits per heavy atom. The van der Waals surface area contributed by atoms with E-state index in [2.05, 4.69) is 26.1 Å². The first-order valence-electron chi connectivity index (χ1n) is 8.32. The van der Waals surface area contributed by atoms with Crippen LogP contribution >= 0.6 is 0 Å². The van der Waals surface area contributed by atoms with Crippen molar-refractivity contribution in [3.8, 4) is 0 Å². The normalized spacial score (nSPS) is 26.6. The van der Waals surface area contributed by atoms with Crippen LogP contribution in [-0.4, -0.2) is 30.1 Å². The maximum atomic E-state index is 12.4. The van der Waals surface area contributed by atoms with Gasteiger partial charge in [-0.25, -0.2) is 0 Å². The summed E-state index contributed by atoms with van der Waals surface area (Å²) in [6.45, 7) is 8.00. The van der Waals surface area contributed by atoms with Crippen LogP contribution in [0.25, 0.3) is 0 Å². The second-order valence-electron chi connectivity index (χ2n) is 7.67. The first kappa shape index (κ1) is 16.0. The molecule has 1 saturated carbocycles. The van der Waals surface area contributed by atoms with Gasteiger partial charge in [-0.2, -0.15) is 0 Å². The number of hydrogen-bond donors (Lipinski definition) is 1. The van der Waals surface area contributed by atoms with E-state index in [1.807, 2.05) is 0 Å². The molecule has 1 heterocycles. The highest BCUT2D eigenvalue weighted by Crippen LogP contribution is 2.41. The van der Waals surface area contributed by atoms with E-state index >= 15 is 0 Å². The molecule has 0 aromatic heterocycles. The van der Waals surface area contributed by atoms with Crippen molar-refractivity contribution in [3.05, 3.63) is 0 Å². The molecule has 0 bridgehead atoms. The lowest BCUT2D eigenvalue weighted by Gasteiger charge is -2.43. The number of carbonyl (C=O) groups is 1. The summed E-state index contributed by atoms with van der Waals surface area (Å²) < 4.78 is 6.08. The van der Waals surface area contributed by atoms with Crippen molar-refractivity contribution in [3.63, 3.8) is 0 Å². The molecule has 0 aromatic rings. The molecule has 0 amide bonds. The van der Waals surface area contributed by atoms with Crippen molar-refractivity contribution >= 4 is 5.78 Å². The summed E-state index contributed by atoms with van der Waals surface area (Å²) in [4.78, 5) is 12.4. The highest BCUT2D eigenvalue weighted by Gasteiger charge is 2.40. The number of ketones is 1. The van der Waals surface area contributed by atoms with Crippen molar-refractivity contribution in [2.75, 3.05) is 13.2 Å². The third-order valence-corrected chi connectivity index (χ3v) is 4.74. The lowest BCUT2D eigenvalue weighted by molar-refractivity contribution is -0.142. The average Bonchev–Trinajstić information content (AvgIpc) is 2.38. The van der Waals surface area contributed by atoms with Crippen LogP contribution in [-0.2, 0) is 9.53 Å². The largest absolute Gasteiger partial charge is 0.375 e. The summed E-state index contributed by atoms with van der Waals surface area (Å²) in [5.41, 5.74) is 0.148. The van der Waals surface area contributed by atoms with Gasteiger partial charge in [0, 0.05) is 31.0 Å². The predicted octanol–water partition coefficient (Wildman–Crippen LogP) is 3.46. The molecule has 1 aliphatic carbocycles. The topological polar surface area (TPSA) is 38.3 Å². The second kappa shape index (κ2) is 6.57. The molecule has 3 heteroatoms. The zero-order valence-corrected chi connectivity index (χ0v) is 13.5. The zero-order valence-electron chi connectivity index (χ0n) is 13.5. The molecule has 0 radical (unpaired) electrons. The van der Waals surface area contributed by atoms with Crippen LogP contribution in [0.15, 0.2) is 0 Å². The minimum atomic E-state index is 0.0499. The van der Waals surface area contributed by atoms with Gasteiger partial charge in [0.1, 0.15) is 5.78 Å². The number of hydrogen-bond acceptors (Lipinski definition) is 3. The van der Waals surface area contributed by atoms with Gasteiger partial charge in [-0.15, -0.1) is 0 Å². The van der Waals surface area contributed by atoms with E-state index in [0.717, 1.165) is 38.8 Å². The Balaban J connectivity index is 1.81. The summed E-state index contributed by atoms with van der Waals surface area (Å²) >= 11 is 0. The van der Waals surface area contributed by atoms with Crippen molar-refractivity contribution in [1.82, 2.24) is 5.32 Å². The lowest BCUT2D eigenvalue weighted by atomic mass is 9.74. The van der Waals surface area contributed by atoms with E-state index < -0.39 is 0 Å². The van der Waals surface area contributed by atoms with Gasteiger partial charge in [0.25, 0.3) is 0 Å². The lowest BCUT2D eigenvalue weighted by Crippen LogP contribution is -2.44. The molecule has 1 N–H and O–H groups in total. The molecule has 2 fully saturated rings. The highest BCUT2D eigenvalue weighted by atomic mass is 16.5. The van der Waals surface area contributed by atoms with Gasteiger partial charge in [-0.05, 0) is 46.5 Å². The van der Waals surface area contributed by atoms with Gasteiger partial charge in [0.05, 0.1) is 5.60 Å². The van der Waals surface area contributed by atoms with E-state index in [-0.39, 0.29) is 17.1 Å². The Bertz CT molecular complexity index is 321. The number of carbonyl (C=O) groups excluding carboxylic acids is 1. The van der Waals surface area contributed by atoms with E-state index in [0.29, 0.717) is 12.2 Å². The molecule has 20 heavy (non-hydrogen) atoms. The summed E-state index contributed by atoms with van der Waals surface area (Å²) in [5.74, 6) is 0.679. The molecule has 1 atom stereocenters. The molecular weight excluding hydrogens is 250 g/mol. The van der Waals surface area contributed by atoms with E-state index in [1.165, 1.54) is 19.3 Å². The van der Waals surface area contributed by atoms with Crippen molar-refractivity contribution < 1.29 is 9.53 Å². The number of rotatable bonds is 4. The first-order chi connectivity index (χ1) is 9.40. The third-order valence-electron chi connectivity index (χ3n) is 4.74. The van der Waals surface area contributed by atoms with Crippen LogP contribution in [0.5, 0.6) is 0 Å². The fourth-order valence-corrected chi connectivity index (χ4v) is 3.61. The van der Waals surface area contributed by atoms with Crippen LogP contribution in [0.3, 0.4) is 0 Å². The zero-order chi connectivity index (χ0) is 14.6. The van der Waals surface area contributed by atoms with Crippen LogP contribution < -0.4 is 5.32 Å². The second-order valence-corrected chi connectivity index (χ2v) is 7.67. The fraction of sp³-hybridized carbons (Fsp3) is 0.941. The monoisotopic (exact) mass is 281 g/mol. The first-order valence-corrected chi connectivity index (χ1v) is 8.32. The van der Waals surface area contributed by atoms with E-state index in [1.54, 1.807) is 0 Å². The SMILES string of the molecule is CC(C)(C)NCCC(=O)C1CCOC2(CCCCC2)C1. The van der Waals surface area contributed by atoms with E-state index in [9.17, 15) is 4.79 Å². The van der Waals surface area contributed by atoms with Gasteiger partial charge in [-0.3, -0.25) is 4.79 Å². The summed E-state index contributed by atoms with van der Waals surface area (Å²) in [7, 11) is 0. The Hall–Kier alpha value is -0.410. The standard InChI is InChI=1S/C17H31NO2/c1-16(2,3)18-11-7-15(19)14-8-12-20-17(13-14)9-5-4-6-10-17/h14,18H,4-13H2,1-3H3. The minimum Gasteiger partial charge on any atom is -0.375 e. The Morgan fingerprint density at radius 2 is 1.95 bits per heavy atom. The summed E-state index contributed by atoms with van der Waals surface area (Å²) in [6, 6.07) is 0. The van der Waals surface area contributed by atoms with Crippen LogP contribution in [0.4, 0.5) is 0 Å². The molecule has 3 nitrogen and oxygen atoms in total. The fourth-order valence-electron chi connectivity index (χ4n) is 3.61. The number of Topliss-reactive ketones (excluding diaryl/α,β-unsaturated/α-hetero) is 1. The summed E-state index contributed by atoms with van der Waals surface area (Å²) in [5, 5.41) is 3.41. The van der Waals surface area contributed by atoms with Gasteiger partial charge in [-0.1, -0.05) is 19.3 Å². The Morgan fingerprint density at radius 3 is 2.60 bits per heavy atom. The number of ether oxygens (including phenoxy) is 1. The Kier molecular flexibility index (Phi) is 5.25. The van der Waals surface area contributed by atoms with E-state index in [4.69, 9.17) is 4.74 Å². The maximum Gasteiger partial charge on any atom is 0.137 e. The highest BCUT2D eigenvalue weighted by molar-refractivity contribution is 5.81. The molecular formula is C17H31NO2. The van der Waals surface area contributed by atoms with Gasteiger partial charge in [0.15, 0.2) is 0 Å². The summed E-state index contributed by atoms with van der Waals surface area (Å²) in [6.07, 6.45) is 8.77. The van der Waals surface area contributed by atoms with Crippen molar-refractivity contribution in [2.24, 2.45) is 5.92 Å². The van der Waals surface area contributed by atoms with Gasteiger partial charge >= 0.3 is 0 Å². The molecule has 1 spiro atoms. The van der Waals surface area contributed by atoms with Crippen LogP contribution in [0.2, 0.25) is 0 Å². The maximum absolute atomic E-state index is 12.4. The Labute approximate surface area is 123 Å².